The Morgan fingerprint density at radius 1 is 1.56 bits per heavy atom. The molecule has 2 saturated heterocycles. The van der Waals surface area contributed by atoms with Crippen LogP contribution in [0, 0.1) is 0 Å². The van der Waals surface area contributed by atoms with Crippen molar-refractivity contribution in [3.63, 3.8) is 0 Å². The molecule has 3 nitrogen and oxygen atoms in total. The van der Waals surface area contributed by atoms with Crippen LogP contribution in [-0.4, -0.2) is 41.1 Å². The van der Waals surface area contributed by atoms with Crippen molar-refractivity contribution in [2.24, 2.45) is 0 Å². The summed E-state index contributed by atoms with van der Waals surface area (Å²) >= 11 is 2.03. The second-order valence-electron chi connectivity index (χ2n) is 4.75. The SMILES string of the molecule is CCCCC1NCN(CC2CCCS2)C1=O. The van der Waals surface area contributed by atoms with Crippen LogP contribution in [0.25, 0.3) is 0 Å². The molecule has 16 heavy (non-hydrogen) atoms. The van der Waals surface area contributed by atoms with Gasteiger partial charge < -0.3 is 4.90 Å². The van der Waals surface area contributed by atoms with E-state index in [4.69, 9.17) is 0 Å². The van der Waals surface area contributed by atoms with E-state index in [9.17, 15) is 4.79 Å². The van der Waals surface area contributed by atoms with Crippen LogP contribution in [0.3, 0.4) is 0 Å². The number of thioether (sulfide) groups is 1. The second kappa shape index (κ2) is 5.92. The molecule has 0 bridgehead atoms. The summed E-state index contributed by atoms with van der Waals surface area (Å²) in [7, 11) is 0. The molecule has 0 aromatic rings. The van der Waals surface area contributed by atoms with Crippen molar-refractivity contribution in [1.82, 2.24) is 10.2 Å². The predicted octanol–water partition coefficient (Wildman–Crippen LogP) is 1.83. The first kappa shape index (κ1) is 12.2. The van der Waals surface area contributed by atoms with Gasteiger partial charge in [-0.1, -0.05) is 19.8 Å². The Morgan fingerprint density at radius 3 is 3.12 bits per heavy atom. The van der Waals surface area contributed by atoms with Crippen LogP contribution in [0.2, 0.25) is 0 Å². The number of nitrogens with zero attached hydrogens (tertiary/aromatic N) is 1. The lowest BCUT2D eigenvalue weighted by atomic mass is 10.1. The van der Waals surface area contributed by atoms with Crippen LogP contribution in [0.1, 0.15) is 39.0 Å². The summed E-state index contributed by atoms with van der Waals surface area (Å²) in [5.41, 5.74) is 0. The molecule has 1 amide bonds. The Kier molecular flexibility index (Phi) is 4.53. The molecule has 0 spiro atoms. The maximum absolute atomic E-state index is 12.1. The van der Waals surface area contributed by atoms with Crippen molar-refractivity contribution in [1.29, 1.82) is 0 Å². The minimum absolute atomic E-state index is 0.103. The third kappa shape index (κ3) is 2.92. The van der Waals surface area contributed by atoms with Gasteiger partial charge in [-0.15, -0.1) is 0 Å². The zero-order valence-electron chi connectivity index (χ0n) is 10.1. The van der Waals surface area contributed by atoms with Crippen LogP contribution < -0.4 is 5.32 Å². The van der Waals surface area contributed by atoms with E-state index >= 15 is 0 Å². The maximum Gasteiger partial charge on any atom is 0.240 e. The lowest BCUT2D eigenvalue weighted by Crippen LogP contribution is -2.34. The number of carbonyl (C=O) groups is 1. The molecule has 2 aliphatic heterocycles. The molecule has 2 rings (SSSR count). The van der Waals surface area contributed by atoms with Gasteiger partial charge in [-0.05, 0) is 25.0 Å². The molecule has 1 N–H and O–H groups in total. The highest BCUT2D eigenvalue weighted by Gasteiger charge is 2.32. The summed E-state index contributed by atoms with van der Waals surface area (Å²) in [6.07, 6.45) is 5.93. The van der Waals surface area contributed by atoms with Gasteiger partial charge in [0.05, 0.1) is 12.7 Å². The monoisotopic (exact) mass is 242 g/mol. The molecule has 0 aliphatic carbocycles. The van der Waals surface area contributed by atoms with E-state index in [2.05, 4.69) is 12.2 Å². The fourth-order valence-corrected chi connectivity index (χ4v) is 3.71. The Bertz CT molecular complexity index is 241. The molecule has 0 saturated carbocycles. The van der Waals surface area contributed by atoms with Gasteiger partial charge in [-0.2, -0.15) is 11.8 Å². The van der Waals surface area contributed by atoms with Gasteiger partial charge >= 0.3 is 0 Å². The van der Waals surface area contributed by atoms with Gasteiger partial charge in [0.15, 0.2) is 0 Å². The van der Waals surface area contributed by atoms with Crippen molar-refractivity contribution >= 4 is 17.7 Å². The van der Waals surface area contributed by atoms with Crippen LogP contribution >= 0.6 is 11.8 Å². The van der Waals surface area contributed by atoms with Crippen molar-refractivity contribution in [3.8, 4) is 0 Å². The van der Waals surface area contributed by atoms with Crippen LogP contribution in [0.5, 0.6) is 0 Å². The lowest BCUT2D eigenvalue weighted by Gasteiger charge is -2.19. The number of amides is 1. The predicted molar refractivity (Wildman–Crippen MR) is 68.5 cm³/mol. The standard InChI is InChI=1S/C12H22N2OS/c1-2-3-6-11-12(15)14(9-13-11)8-10-5-4-7-16-10/h10-11,13H,2-9H2,1H3. The minimum Gasteiger partial charge on any atom is -0.327 e. The molecular formula is C12H22N2OS. The zero-order chi connectivity index (χ0) is 11.4. The van der Waals surface area contributed by atoms with Gasteiger partial charge in [-0.25, -0.2) is 0 Å². The minimum atomic E-state index is 0.103. The molecule has 0 aromatic carbocycles. The third-order valence-corrected chi connectivity index (χ3v) is 4.81. The van der Waals surface area contributed by atoms with E-state index in [1.54, 1.807) is 0 Å². The number of unbranched alkanes of at least 4 members (excludes halogenated alkanes) is 1. The van der Waals surface area contributed by atoms with E-state index in [0.717, 1.165) is 26.1 Å². The summed E-state index contributed by atoms with van der Waals surface area (Å²) < 4.78 is 0. The molecule has 0 aromatic heterocycles. The summed E-state index contributed by atoms with van der Waals surface area (Å²) in [4.78, 5) is 14.1. The fourth-order valence-electron chi connectivity index (χ4n) is 2.43. The Labute approximate surface area is 102 Å². The van der Waals surface area contributed by atoms with Gasteiger partial charge in [0.1, 0.15) is 0 Å². The van der Waals surface area contributed by atoms with Crippen molar-refractivity contribution in [2.75, 3.05) is 19.0 Å². The molecule has 2 unspecified atom stereocenters. The van der Waals surface area contributed by atoms with E-state index in [1.165, 1.54) is 25.0 Å². The average Bonchev–Trinajstić information content (AvgIpc) is 2.89. The van der Waals surface area contributed by atoms with Crippen molar-refractivity contribution in [3.05, 3.63) is 0 Å². The molecule has 92 valence electrons. The van der Waals surface area contributed by atoms with Gasteiger partial charge in [0, 0.05) is 11.8 Å². The highest BCUT2D eigenvalue weighted by Crippen LogP contribution is 2.27. The number of hydrogen-bond acceptors (Lipinski definition) is 3. The van der Waals surface area contributed by atoms with Gasteiger partial charge in [-0.3, -0.25) is 10.1 Å². The second-order valence-corrected chi connectivity index (χ2v) is 6.16. The first-order chi connectivity index (χ1) is 7.81. The first-order valence-electron chi connectivity index (χ1n) is 6.45. The topological polar surface area (TPSA) is 32.3 Å². The third-order valence-electron chi connectivity index (χ3n) is 3.43. The van der Waals surface area contributed by atoms with Crippen LogP contribution in [-0.2, 0) is 4.79 Å². The smallest absolute Gasteiger partial charge is 0.240 e. The summed E-state index contributed by atoms with van der Waals surface area (Å²) in [5.74, 6) is 1.61. The summed E-state index contributed by atoms with van der Waals surface area (Å²) in [5, 5.41) is 4.02. The number of nitrogens with one attached hydrogen (secondary N) is 1. The Hall–Kier alpha value is -0.220. The fraction of sp³-hybridized carbons (Fsp3) is 0.917. The normalized spacial score (nSPS) is 30.3. The molecule has 2 heterocycles. The Morgan fingerprint density at radius 2 is 2.44 bits per heavy atom. The summed E-state index contributed by atoms with van der Waals surface area (Å²) in [6, 6.07) is 0.103. The highest BCUT2D eigenvalue weighted by molar-refractivity contribution is 8.00. The van der Waals surface area contributed by atoms with Gasteiger partial charge in [0.25, 0.3) is 0 Å². The number of rotatable bonds is 5. The van der Waals surface area contributed by atoms with E-state index in [1.807, 2.05) is 16.7 Å². The van der Waals surface area contributed by atoms with E-state index < -0.39 is 0 Å². The quantitative estimate of drug-likeness (QED) is 0.798. The molecule has 0 radical (unpaired) electrons. The van der Waals surface area contributed by atoms with Crippen LogP contribution in [0.15, 0.2) is 0 Å². The molecule has 4 heteroatoms. The average molecular weight is 242 g/mol. The van der Waals surface area contributed by atoms with E-state index in [-0.39, 0.29) is 6.04 Å². The van der Waals surface area contributed by atoms with Gasteiger partial charge in [0.2, 0.25) is 5.91 Å². The lowest BCUT2D eigenvalue weighted by molar-refractivity contribution is -0.129. The highest BCUT2D eigenvalue weighted by atomic mass is 32.2. The maximum atomic E-state index is 12.1. The Balaban J connectivity index is 1.77. The van der Waals surface area contributed by atoms with Crippen molar-refractivity contribution < 1.29 is 4.79 Å². The molecular weight excluding hydrogens is 220 g/mol. The van der Waals surface area contributed by atoms with Crippen molar-refractivity contribution in [2.45, 2.75) is 50.3 Å². The van der Waals surface area contributed by atoms with E-state index in [0.29, 0.717) is 11.2 Å². The summed E-state index contributed by atoms with van der Waals surface area (Å²) in [6.45, 7) is 3.90. The molecule has 2 aliphatic rings. The zero-order valence-corrected chi connectivity index (χ0v) is 10.9. The molecule has 2 atom stereocenters. The molecule has 2 fully saturated rings. The number of carbonyl (C=O) groups excluding carboxylic acids is 1. The van der Waals surface area contributed by atoms with Crippen LogP contribution in [0.4, 0.5) is 0 Å². The largest absolute Gasteiger partial charge is 0.327 e. The number of hydrogen-bond donors (Lipinski definition) is 1. The first-order valence-corrected chi connectivity index (χ1v) is 7.50.